The summed E-state index contributed by atoms with van der Waals surface area (Å²) in [6.07, 6.45) is 0.688. The highest BCUT2D eigenvalue weighted by Gasteiger charge is 2.11. The third-order valence-electron chi connectivity index (χ3n) is 1.70. The molecule has 7 nitrogen and oxygen atoms in total. The number of rotatable bonds is 3. The van der Waals surface area contributed by atoms with Crippen LogP contribution in [0.4, 0.5) is 5.69 Å². The van der Waals surface area contributed by atoms with Gasteiger partial charge in [-0.15, -0.1) is 0 Å². The molecular weight excluding hydrogens is 228 g/mol. The van der Waals surface area contributed by atoms with Gasteiger partial charge in [-0.2, -0.15) is 0 Å². The van der Waals surface area contributed by atoms with Crippen molar-refractivity contribution in [2.45, 2.75) is 6.42 Å². The first kappa shape index (κ1) is 12.4. The molecule has 1 aromatic rings. The summed E-state index contributed by atoms with van der Waals surface area (Å²) in [5.74, 6) is 3.86. The molecule has 88 valence electrons. The zero-order valence-electron chi connectivity index (χ0n) is 8.84. The molecule has 0 atom stereocenters. The molecule has 0 spiro atoms. The fraction of sp³-hybridized carbons (Fsp3) is 0.200. The van der Waals surface area contributed by atoms with E-state index in [0.29, 0.717) is 0 Å². The van der Waals surface area contributed by atoms with E-state index in [4.69, 9.17) is 9.84 Å². The third-order valence-corrected chi connectivity index (χ3v) is 1.70. The average Bonchev–Trinajstić information content (AvgIpc) is 2.28. The predicted octanol–water partition coefficient (Wildman–Crippen LogP) is 0.825. The van der Waals surface area contributed by atoms with E-state index >= 15 is 0 Å². The largest absolute Gasteiger partial charge is 0.481 e. The minimum Gasteiger partial charge on any atom is -0.481 e. The highest BCUT2D eigenvalue weighted by molar-refractivity contribution is 5.70. The minimum absolute atomic E-state index is 0.119. The molecule has 17 heavy (non-hydrogen) atoms. The molecule has 0 aliphatic carbocycles. The lowest BCUT2D eigenvalue weighted by molar-refractivity contribution is -0.385. The van der Waals surface area contributed by atoms with Gasteiger partial charge < -0.3 is 9.84 Å². The molecule has 0 aliphatic heterocycles. The molecule has 0 aliphatic rings. The topological polar surface area (TPSA) is 103 Å². The van der Waals surface area contributed by atoms with E-state index in [1.807, 2.05) is 0 Å². The van der Waals surface area contributed by atoms with Gasteiger partial charge in [0.15, 0.2) is 0 Å². The number of aliphatic carboxylic acids is 1. The molecule has 1 N–H and O–H groups in total. The van der Waals surface area contributed by atoms with Crippen LogP contribution >= 0.6 is 0 Å². The van der Waals surface area contributed by atoms with Crippen LogP contribution in [0.25, 0.3) is 0 Å². The van der Waals surface area contributed by atoms with Crippen LogP contribution in [0.2, 0.25) is 0 Å². The number of carboxylic acid groups (broad SMARTS) is 1. The van der Waals surface area contributed by atoms with Gasteiger partial charge >= 0.3 is 5.97 Å². The number of aromatic nitrogens is 1. The highest BCUT2D eigenvalue weighted by Crippen LogP contribution is 2.19. The van der Waals surface area contributed by atoms with E-state index in [9.17, 15) is 14.9 Å². The first-order chi connectivity index (χ1) is 8.04. The van der Waals surface area contributed by atoms with Crippen LogP contribution in [0.3, 0.4) is 0 Å². The summed E-state index contributed by atoms with van der Waals surface area (Å²) in [6, 6.07) is 1.18. The molecule has 0 unspecified atom stereocenters. The number of pyridine rings is 1. The highest BCUT2D eigenvalue weighted by atomic mass is 16.6. The van der Waals surface area contributed by atoms with Crippen molar-refractivity contribution in [1.82, 2.24) is 4.98 Å². The van der Waals surface area contributed by atoms with Crippen LogP contribution in [0.15, 0.2) is 12.3 Å². The van der Waals surface area contributed by atoms with Crippen LogP contribution in [0.1, 0.15) is 12.0 Å². The quantitative estimate of drug-likeness (QED) is 0.473. The van der Waals surface area contributed by atoms with Gasteiger partial charge in [0.05, 0.1) is 17.6 Å². The molecule has 7 heteroatoms. The maximum atomic E-state index is 10.5. The van der Waals surface area contributed by atoms with E-state index in [1.54, 1.807) is 0 Å². The van der Waals surface area contributed by atoms with Crippen LogP contribution in [-0.2, 0) is 4.79 Å². The van der Waals surface area contributed by atoms with Crippen molar-refractivity contribution < 1.29 is 19.6 Å². The second-order valence-corrected chi connectivity index (χ2v) is 2.88. The lowest BCUT2D eigenvalue weighted by Crippen LogP contribution is -1.96. The Hall–Kier alpha value is -2.62. The van der Waals surface area contributed by atoms with Crippen LogP contribution in [-0.4, -0.2) is 28.1 Å². The van der Waals surface area contributed by atoms with E-state index in [1.165, 1.54) is 13.2 Å². The molecule has 0 fully saturated rings. The lowest BCUT2D eigenvalue weighted by atomic mass is 10.2. The number of nitro groups is 1. The van der Waals surface area contributed by atoms with Crippen molar-refractivity contribution in [3.05, 3.63) is 27.9 Å². The van der Waals surface area contributed by atoms with Gasteiger partial charge in [0, 0.05) is 6.07 Å². The molecule has 1 heterocycles. The molecule has 1 rings (SSSR count). The molecule has 0 aromatic carbocycles. The normalized spacial score (nSPS) is 9.00. The number of carbonyl (C=O) groups is 1. The summed E-state index contributed by atoms with van der Waals surface area (Å²) in [6.45, 7) is 0. The van der Waals surface area contributed by atoms with E-state index in [0.717, 1.165) is 6.20 Å². The molecule has 0 bridgehead atoms. The second-order valence-electron chi connectivity index (χ2n) is 2.88. The number of hydrogen-bond donors (Lipinski definition) is 1. The van der Waals surface area contributed by atoms with Gasteiger partial charge in [-0.1, -0.05) is 11.8 Å². The molecule has 0 radical (unpaired) electrons. The summed E-state index contributed by atoms with van der Waals surface area (Å²) in [7, 11) is 1.34. The Kier molecular flexibility index (Phi) is 4.00. The molecule has 1 aromatic heterocycles. The van der Waals surface area contributed by atoms with E-state index in [2.05, 4.69) is 16.8 Å². The van der Waals surface area contributed by atoms with Crippen molar-refractivity contribution in [2.24, 2.45) is 0 Å². The summed E-state index contributed by atoms with van der Waals surface area (Å²) >= 11 is 0. The summed E-state index contributed by atoms with van der Waals surface area (Å²) < 4.78 is 4.85. The molecule has 0 amide bonds. The van der Waals surface area contributed by atoms with Gasteiger partial charge in [-0.05, 0) is 0 Å². The standard InChI is InChI=1S/C10H8N2O5/c1-17-10-7(3-2-4-9(13)14)5-8(6-11-10)12(15)16/h5-6H,4H2,1H3,(H,13,14). The Morgan fingerprint density at radius 1 is 1.71 bits per heavy atom. The first-order valence-electron chi connectivity index (χ1n) is 4.43. The summed E-state index contributed by atoms with van der Waals surface area (Å²) in [5.41, 5.74) is -0.0478. The minimum atomic E-state index is -1.07. The zero-order chi connectivity index (χ0) is 12.8. The fourth-order valence-corrected chi connectivity index (χ4v) is 1.01. The lowest BCUT2D eigenvalue weighted by Gasteiger charge is -2.00. The van der Waals surface area contributed by atoms with Crippen molar-refractivity contribution in [3.8, 4) is 17.7 Å². The van der Waals surface area contributed by atoms with Crippen molar-refractivity contribution in [1.29, 1.82) is 0 Å². The zero-order valence-corrected chi connectivity index (χ0v) is 8.84. The van der Waals surface area contributed by atoms with Crippen LogP contribution < -0.4 is 4.74 Å². The Labute approximate surface area is 96.2 Å². The third kappa shape index (κ3) is 3.46. The van der Waals surface area contributed by atoms with Gasteiger partial charge in [0.25, 0.3) is 5.69 Å². The van der Waals surface area contributed by atoms with E-state index < -0.39 is 10.9 Å². The number of ether oxygens (including phenoxy) is 1. The maximum absolute atomic E-state index is 10.5. The Balaban J connectivity index is 3.08. The Bertz CT molecular complexity index is 515. The smallest absolute Gasteiger partial charge is 0.315 e. The van der Waals surface area contributed by atoms with Crippen LogP contribution in [0, 0.1) is 22.0 Å². The maximum Gasteiger partial charge on any atom is 0.315 e. The number of carboxylic acids is 1. The fourth-order valence-electron chi connectivity index (χ4n) is 1.01. The Morgan fingerprint density at radius 2 is 2.41 bits per heavy atom. The van der Waals surface area contributed by atoms with Crippen molar-refractivity contribution in [2.75, 3.05) is 7.11 Å². The number of hydrogen-bond acceptors (Lipinski definition) is 5. The predicted molar refractivity (Wildman–Crippen MR) is 56.6 cm³/mol. The molecule has 0 saturated heterocycles. The van der Waals surface area contributed by atoms with Gasteiger partial charge in [0.1, 0.15) is 12.6 Å². The molecule has 0 saturated carbocycles. The van der Waals surface area contributed by atoms with Gasteiger partial charge in [0.2, 0.25) is 5.88 Å². The number of methoxy groups -OCH3 is 1. The van der Waals surface area contributed by atoms with Gasteiger partial charge in [-0.3, -0.25) is 14.9 Å². The van der Waals surface area contributed by atoms with Crippen molar-refractivity contribution in [3.63, 3.8) is 0 Å². The van der Waals surface area contributed by atoms with Crippen LogP contribution in [0.5, 0.6) is 5.88 Å². The monoisotopic (exact) mass is 236 g/mol. The second kappa shape index (κ2) is 5.46. The first-order valence-corrected chi connectivity index (χ1v) is 4.43. The average molecular weight is 236 g/mol. The SMILES string of the molecule is COc1ncc([N+](=O)[O-])cc1C#CCC(=O)O. The summed E-state index contributed by atoms with van der Waals surface area (Å²) in [4.78, 5) is 23.9. The van der Waals surface area contributed by atoms with Crippen molar-refractivity contribution >= 4 is 11.7 Å². The van der Waals surface area contributed by atoms with E-state index in [-0.39, 0.29) is 23.6 Å². The molecular formula is C10H8N2O5. The number of nitrogens with zero attached hydrogens (tertiary/aromatic N) is 2. The van der Waals surface area contributed by atoms with Gasteiger partial charge in [-0.25, -0.2) is 4.98 Å². The summed E-state index contributed by atoms with van der Waals surface area (Å²) in [5, 5.41) is 18.9. The Morgan fingerprint density at radius 3 is 2.94 bits per heavy atom.